The van der Waals surface area contributed by atoms with Gasteiger partial charge in [0, 0.05) is 38.7 Å². The Hall–Kier alpha value is -5.53. The monoisotopic (exact) mass is 872 g/mol. The van der Waals surface area contributed by atoms with Crippen LogP contribution in [0.25, 0.3) is 0 Å². The Balaban J connectivity index is 1.21. The number of anilines is 3. The van der Waals surface area contributed by atoms with Gasteiger partial charge in [-0.15, -0.1) is 0 Å². The van der Waals surface area contributed by atoms with Crippen molar-refractivity contribution >= 4 is 48.8 Å². The zero-order chi connectivity index (χ0) is 44.9. The maximum absolute atomic E-state index is 13.5. The van der Waals surface area contributed by atoms with E-state index >= 15 is 0 Å². The molecular formula is C47H61N4O10P. The van der Waals surface area contributed by atoms with E-state index in [4.69, 9.17) is 23.0 Å². The van der Waals surface area contributed by atoms with Crippen molar-refractivity contribution in [1.29, 1.82) is 0 Å². The molecule has 0 unspecified atom stereocenters. The Morgan fingerprint density at radius 2 is 1.26 bits per heavy atom. The lowest BCUT2D eigenvalue weighted by Gasteiger charge is -2.30. The number of urea groups is 1. The molecule has 4 rings (SSSR count). The minimum atomic E-state index is -3.99. The van der Waals surface area contributed by atoms with Crippen molar-refractivity contribution in [3.8, 4) is 0 Å². The van der Waals surface area contributed by atoms with Crippen LogP contribution in [0, 0.1) is 18.8 Å². The molecule has 0 heterocycles. The average Bonchev–Trinajstić information content (AvgIpc) is 3.24. The van der Waals surface area contributed by atoms with Crippen LogP contribution in [0.2, 0.25) is 0 Å². The van der Waals surface area contributed by atoms with Crippen LogP contribution in [0.1, 0.15) is 69.2 Å². The average molecular weight is 873 g/mol. The molecule has 4 aromatic rings. The van der Waals surface area contributed by atoms with Crippen molar-refractivity contribution in [3.63, 3.8) is 0 Å². The van der Waals surface area contributed by atoms with Gasteiger partial charge in [0.2, 0.25) is 12.7 Å². The molecule has 0 radical (unpaired) electrons. The number of rotatable bonds is 25. The van der Waals surface area contributed by atoms with Gasteiger partial charge < -0.3 is 29.9 Å². The third-order valence-corrected chi connectivity index (χ3v) is 10.6. The number of carbonyl (C=O) groups is 4. The van der Waals surface area contributed by atoms with Crippen LogP contribution in [-0.2, 0) is 61.6 Å². The second-order valence-corrected chi connectivity index (χ2v) is 17.5. The molecule has 0 aromatic heterocycles. The molecule has 15 heteroatoms. The zero-order valence-corrected chi connectivity index (χ0v) is 37.6. The van der Waals surface area contributed by atoms with E-state index < -0.39 is 26.6 Å². The first-order valence-electron chi connectivity index (χ1n) is 20.9. The van der Waals surface area contributed by atoms with Crippen LogP contribution >= 0.6 is 7.82 Å². The maximum Gasteiger partial charge on any atom is 0.475 e. The van der Waals surface area contributed by atoms with Gasteiger partial charge in [-0.3, -0.25) is 28.0 Å². The minimum Gasteiger partial charge on any atom is -0.428 e. The quantitative estimate of drug-likeness (QED) is 0.0282. The molecular weight excluding hydrogens is 812 g/mol. The number of hydrogen-bond acceptors (Lipinski definition) is 11. The molecule has 4 aromatic carbocycles. The van der Waals surface area contributed by atoms with Crippen LogP contribution in [-0.4, -0.2) is 68.9 Å². The summed E-state index contributed by atoms with van der Waals surface area (Å²) < 4.78 is 40.5. The molecule has 0 atom stereocenters. The number of hydrogen-bond donors (Lipinski definition) is 2. The number of amides is 3. The molecule has 0 saturated heterocycles. The molecule has 0 saturated carbocycles. The van der Waals surface area contributed by atoms with E-state index in [1.807, 2.05) is 110 Å². The Bertz CT molecular complexity index is 2010. The minimum absolute atomic E-state index is 0.00438. The molecule has 0 aliphatic carbocycles. The number of esters is 2. The molecule has 2 N–H and O–H groups in total. The number of nitrogens with one attached hydrogen (secondary N) is 2. The maximum atomic E-state index is 13.5. The third-order valence-electron chi connectivity index (χ3n) is 9.23. The summed E-state index contributed by atoms with van der Waals surface area (Å²) in [4.78, 5) is 54.5. The molecule has 334 valence electrons. The summed E-state index contributed by atoms with van der Waals surface area (Å²) in [5.41, 5.74) is 5.61. The number of likely N-dealkylation sites (N-methyl/N-ethyl adjacent to an activating group) is 1. The van der Waals surface area contributed by atoms with Crippen LogP contribution < -0.4 is 15.5 Å². The fourth-order valence-corrected chi connectivity index (χ4v) is 7.34. The van der Waals surface area contributed by atoms with Crippen LogP contribution in [0.5, 0.6) is 0 Å². The number of benzene rings is 4. The number of aryl methyl sites for hydroxylation is 2. The molecule has 0 spiro atoms. The van der Waals surface area contributed by atoms with Crippen LogP contribution in [0.3, 0.4) is 0 Å². The van der Waals surface area contributed by atoms with Gasteiger partial charge in [-0.05, 0) is 72.6 Å². The lowest BCUT2D eigenvalue weighted by Crippen LogP contribution is -2.33. The number of ether oxygens (including phenoxy) is 2. The largest absolute Gasteiger partial charge is 0.475 e. The summed E-state index contributed by atoms with van der Waals surface area (Å²) >= 11 is 0. The summed E-state index contributed by atoms with van der Waals surface area (Å²) in [6, 6.07) is 31.3. The van der Waals surface area contributed by atoms with Crippen molar-refractivity contribution < 1.29 is 46.8 Å². The van der Waals surface area contributed by atoms with E-state index in [0.29, 0.717) is 29.6 Å². The fraction of sp³-hybridized carbons (Fsp3) is 0.404. The van der Waals surface area contributed by atoms with E-state index in [1.165, 1.54) is 11.9 Å². The standard InChI is InChI=1S/C47H61N4O10P/c1-35(2)29-51(30-36(3)4)43-25-21-38(28-42(43)49-47(55)48-41-23-19-37(5)20-24-41)22-26-45(53)57-34-58-46(54)31-50(6)44(52)18-13-27-59-62(56,60-32-39-14-9-7-10-15-39)61-33-40-16-11-8-12-17-40/h7-12,14-17,19-21,23-25,28,35-36H,13,18,22,26-27,29-34H2,1-6H3,(H2,48,49,55). The zero-order valence-electron chi connectivity index (χ0n) is 36.7. The van der Waals surface area contributed by atoms with Crippen molar-refractivity contribution in [1.82, 2.24) is 4.90 Å². The highest BCUT2D eigenvalue weighted by molar-refractivity contribution is 7.48. The smallest absolute Gasteiger partial charge is 0.428 e. The van der Waals surface area contributed by atoms with Crippen LogP contribution in [0.4, 0.5) is 21.9 Å². The Morgan fingerprint density at radius 3 is 1.84 bits per heavy atom. The van der Waals surface area contributed by atoms with E-state index in [1.54, 1.807) is 0 Å². The van der Waals surface area contributed by atoms with E-state index in [2.05, 4.69) is 43.2 Å². The second kappa shape index (κ2) is 25.4. The Labute approximate surface area is 365 Å². The second-order valence-electron chi connectivity index (χ2n) is 15.8. The summed E-state index contributed by atoms with van der Waals surface area (Å²) in [6.07, 6.45) is 0.470. The predicted molar refractivity (Wildman–Crippen MR) is 240 cm³/mol. The number of carbonyl (C=O) groups excluding carboxylic acids is 4. The van der Waals surface area contributed by atoms with Gasteiger partial charge in [0.25, 0.3) is 0 Å². The van der Waals surface area contributed by atoms with Crippen molar-refractivity contribution in [2.45, 2.75) is 73.5 Å². The fourth-order valence-electron chi connectivity index (χ4n) is 6.15. The number of phosphoric acid groups is 1. The molecule has 14 nitrogen and oxygen atoms in total. The van der Waals surface area contributed by atoms with Crippen LogP contribution in [0.15, 0.2) is 103 Å². The molecule has 0 aliphatic rings. The van der Waals surface area contributed by atoms with Gasteiger partial charge in [-0.25, -0.2) is 9.36 Å². The highest BCUT2D eigenvalue weighted by atomic mass is 31.2. The van der Waals surface area contributed by atoms with Crippen molar-refractivity contribution in [2.24, 2.45) is 11.8 Å². The molecule has 0 bridgehead atoms. The lowest BCUT2D eigenvalue weighted by molar-refractivity contribution is -0.168. The summed E-state index contributed by atoms with van der Waals surface area (Å²) in [5.74, 6) is -0.971. The first-order chi connectivity index (χ1) is 29.7. The summed E-state index contributed by atoms with van der Waals surface area (Å²) in [7, 11) is -2.55. The topological polar surface area (TPSA) is 162 Å². The van der Waals surface area contributed by atoms with E-state index in [0.717, 1.165) is 41.0 Å². The highest BCUT2D eigenvalue weighted by Crippen LogP contribution is 2.51. The van der Waals surface area contributed by atoms with Gasteiger partial charge in [0.15, 0.2) is 0 Å². The Morgan fingerprint density at radius 1 is 0.677 bits per heavy atom. The van der Waals surface area contributed by atoms with Gasteiger partial charge >= 0.3 is 25.8 Å². The molecule has 62 heavy (non-hydrogen) atoms. The molecule has 0 fully saturated rings. The summed E-state index contributed by atoms with van der Waals surface area (Å²) in [5, 5.41) is 5.91. The highest BCUT2D eigenvalue weighted by Gasteiger charge is 2.27. The summed E-state index contributed by atoms with van der Waals surface area (Å²) in [6.45, 7) is 11.1. The molecule has 3 amide bonds. The van der Waals surface area contributed by atoms with E-state index in [9.17, 15) is 23.7 Å². The third kappa shape index (κ3) is 18.2. The van der Waals surface area contributed by atoms with Crippen molar-refractivity contribution in [3.05, 3.63) is 125 Å². The van der Waals surface area contributed by atoms with E-state index in [-0.39, 0.29) is 57.6 Å². The SMILES string of the molecule is Cc1ccc(NC(=O)Nc2cc(CCC(=O)OCOC(=O)CN(C)C(=O)CCCOP(=O)(OCc3ccccc3)OCc3ccccc3)ccc2N(CC(C)C)CC(C)C)cc1. The predicted octanol–water partition coefficient (Wildman–Crippen LogP) is 9.53. The number of nitrogens with zero attached hydrogens (tertiary/aromatic N) is 2. The normalized spacial score (nSPS) is 11.3. The van der Waals surface area contributed by atoms with Gasteiger partial charge in [-0.1, -0.05) is 112 Å². The first-order valence-corrected chi connectivity index (χ1v) is 22.3. The van der Waals surface area contributed by atoms with Crippen molar-refractivity contribution in [2.75, 3.05) is 55.6 Å². The Kier molecular flexibility index (Phi) is 20.1. The van der Waals surface area contributed by atoms with Gasteiger partial charge in [0.1, 0.15) is 6.54 Å². The van der Waals surface area contributed by atoms with Gasteiger partial charge in [-0.2, -0.15) is 0 Å². The first kappa shape index (κ1) is 49.1. The van der Waals surface area contributed by atoms with Gasteiger partial charge in [0.05, 0.1) is 31.2 Å². The molecule has 0 aliphatic heterocycles. The number of phosphoric ester groups is 1. The lowest BCUT2D eigenvalue weighted by atomic mass is 10.1.